The molecule has 1 aliphatic rings. The van der Waals surface area contributed by atoms with Crippen LogP contribution >= 0.6 is 0 Å². The molecular weight excluding hydrogens is 237 g/mol. The third-order valence-electron chi connectivity index (χ3n) is 2.62. The van der Waals surface area contributed by atoms with Gasteiger partial charge in [-0.3, -0.25) is 0 Å². The predicted octanol–water partition coefficient (Wildman–Crippen LogP) is 1.95. The van der Waals surface area contributed by atoms with Gasteiger partial charge >= 0.3 is 6.09 Å². The summed E-state index contributed by atoms with van der Waals surface area (Å²) in [5.74, 6) is -0.494. The minimum absolute atomic E-state index is 0.0690. The Morgan fingerprint density at radius 2 is 2.17 bits per heavy atom. The van der Waals surface area contributed by atoms with Crippen LogP contribution in [0.4, 0.5) is 9.18 Å². The highest BCUT2D eigenvalue weighted by molar-refractivity contribution is 5.69. The van der Waals surface area contributed by atoms with Gasteiger partial charge in [0.1, 0.15) is 11.9 Å². The molecule has 0 saturated carbocycles. The number of carbonyl (C=O) groups is 1. The molecule has 0 atom stereocenters. The van der Waals surface area contributed by atoms with Crippen molar-refractivity contribution in [1.29, 1.82) is 0 Å². The van der Waals surface area contributed by atoms with Crippen molar-refractivity contribution in [3.63, 3.8) is 0 Å². The molecule has 0 spiro atoms. The number of carbonyl (C=O) groups excluding carboxylic acids is 1. The molecule has 0 unspecified atom stereocenters. The summed E-state index contributed by atoms with van der Waals surface area (Å²) >= 11 is 0. The fourth-order valence-corrected chi connectivity index (χ4v) is 1.75. The molecule has 0 N–H and O–H groups in total. The fraction of sp³-hybridized carbons (Fsp3) is 0.583. The molecule has 1 aromatic rings. The Kier molecular flexibility index (Phi) is 3.19. The summed E-state index contributed by atoms with van der Waals surface area (Å²) < 4.78 is 18.6. The first-order valence-electron chi connectivity index (χ1n) is 5.80. The predicted molar refractivity (Wildman–Crippen MR) is 62.5 cm³/mol. The molecule has 1 amide bonds. The van der Waals surface area contributed by atoms with E-state index in [0.717, 1.165) is 6.20 Å². The van der Waals surface area contributed by atoms with Crippen LogP contribution in [0.2, 0.25) is 0 Å². The van der Waals surface area contributed by atoms with E-state index in [0.29, 0.717) is 18.8 Å². The molecule has 0 bridgehead atoms. The average Bonchev–Trinajstić information content (AvgIpc) is 2.15. The van der Waals surface area contributed by atoms with Gasteiger partial charge in [0.2, 0.25) is 0 Å². The Labute approximate surface area is 105 Å². The molecule has 0 radical (unpaired) electrons. The molecule has 6 heteroatoms. The quantitative estimate of drug-likeness (QED) is 0.767. The molecule has 2 rings (SSSR count). The van der Waals surface area contributed by atoms with Crippen LogP contribution in [0, 0.1) is 5.82 Å². The standard InChI is InChI=1S/C12H16FN3O2/c1-12(2,3)18-11(17)16-5-8(6-16)10-9(13)4-14-7-15-10/h4,7-8H,5-6H2,1-3H3. The van der Waals surface area contributed by atoms with Gasteiger partial charge in [0.25, 0.3) is 0 Å². The molecule has 1 aromatic heterocycles. The summed E-state index contributed by atoms with van der Waals surface area (Å²) in [6, 6.07) is 0. The van der Waals surface area contributed by atoms with E-state index in [1.807, 2.05) is 20.8 Å². The highest BCUT2D eigenvalue weighted by Crippen LogP contribution is 2.28. The van der Waals surface area contributed by atoms with E-state index in [1.54, 1.807) is 0 Å². The minimum atomic E-state index is -0.512. The SMILES string of the molecule is CC(C)(C)OC(=O)N1CC(c2ncncc2F)C1. The molecule has 98 valence electrons. The lowest BCUT2D eigenvalue weighted by Gasteiger charge is -2.39. The number of likely N-dealkylation sites (tertiary alicyclic amines) is 1. The van der Waals surface area contributed by atoms with Gasteiger partial charge in [-0.2, -0.15) is 0 Å². The van der Waals surface area contributed by atoms with Crippen LogP contribution in [0.15, 0.2) is 12.5 Å². The molecule has 0 aromatic carbocycles. The maximum Gasteiger partial charge on any atom is 0.410 e. The Morgan fingerprint density at radius 3 is 2.72 bits per heavy atom. The summed E-state index contributed by atoms with van der Waals surface area (Å²) in [4.78, 5) is 20.7. The number of hydrogen-bond donors (Lipinski definition) is 0. The van der Waals surface area contributed by atoms with Crippen LogP contribution in [-0.2, 0) is 4.74 Å². The summed E-state index contributed by atoms with van der Waals surface area (Å²) in [5, 5.41) is 0. The normalized spacial score (nSPS) is 16.3. The van der Waals surface area contributed by atoms with Crippen LogP contribution in [0.3, 0.4) is 0 Å². The molecule has 1 aliphatic heterocycles. The number of rotatable bonds is 1. The molecule has 1 fully saturated rings. The summed E-state index contributed by atoms with van der Waals surface area (Å²) in [7, 11) is 0. The molecule has 5 nitrogen and oxygen atoms in total. The largest absolute Gasteiger partial charge is 0.444 e. The van der Waals surface area contributed by atoms with Crippen LogP contribution in [0.25, 0.3) is 0 Å². The van der Waals surface area contributed by atoms with Crippen molar-refractivity contribution in [3.8, 4) is 0 Å². The van der Waals surface area contributed by atoms with E-state index in [-0.39, 0.29) is 12.0 Å². The van der Waals surface area contributed by atoms with Gasteiger partial charge in [-0.15, -0.1) is 0 Å². The van der Waals surface area contributed by atoms with Crippen molar-refractivity contribution in [2.75, 3.05) is 13.1 Å². The molecule has 18 heavy (non-hydrogen) atoms. The van der Waals surface area contributed by atoms with Crippen molar-refractivity contribution >= 4 is 6.09 Å². The highest BCUT2D eigenvalue weighted by Gasteiger charge is 2.36. The first-order chi connectivity index (χ1) is 8.37. The summed E-state index contributed by atoms with van der Waals surface area (Å²) in [6.07, 6.45) is 2.08. The summed E-state index contributed by atoms with van der Waals surface area (Å²) in [6.45, 7) is 6.30. The minimum Gasteiger partial charge on any atom is -0.444 e. The monoisotopic (exact) mass is 253 g/mol. The number of ether oxygens (including phenoxy) is 1. The molecule has 2 heterocycles. The van der Waals surface area contributed by atoms with Crippen molar-refractivity contribution in [3.05, 3.63) is 24.0 Å². The lowest BCUT2D eigenvalue weighted by molar-refractivity contribution is 0.00754. The van der Waals surface area contributed by atoms with Gasteiger partial charge in [-0.25, -0.2) is 19.2 Å². The van der Waals surface area contributed by atoms with E-state index >= 15 is 0 Å². The van der Waals surface area contributed by atoms with Gasteiger partial charge in [0.15, 0.2) is 5.82 Å². The van der Waals surface area contributed by atoms with Gasteiger partial charge in [0, 0.05) is 19.0 Å². The highest BCUT2D eigenvalue weighted by atomic mass is 19.1. The molecular formula is C12H16FN3O2. The maximum absolute atomic E-state index is 13.4. The van der Waals surface area contributed by atoms with Crippen LogP contribution < -0.4 is 0 Å². The van der Waals surface area contributed by atoms with Gasteiger partial charge in [-0.05, 0) is 20.8 Å². The van der Waals surface area contributed by atoms with Crippen molar-refractivity contribution in [1.82, 2.24) is 14.9 Å². The second-order valence-electron chi connectivity index (χ2n) is 5.34. The third-order valence-corrected chi connectivity index (χ3v) is 2.62. The van der Waals surface area contributed by atoms with E-state index in [9.17, 15) is 9.18 Å². The van der Waals surface area contributed by atoms with E-state index in [4.69, 9.17) is 4.74 Å². The molecule has 1 saturated heterocycles. The number of nitrogens with zero attached hydrogens (tertiary/aromatic N) is 3. The van der Waals surface area contributed by atoms with Crippen LogP contribution in [0.1, 0.15) is 32.4 Å². The number of aromatic nitrogens is 2. The maximum atomic E-state index is 13.4. The van der Waals surface area contributed by atoms with Gasteiger partial charge in [-0.1, -0.05) is 0 Å². The van der Waals surface area contributed by atoms with Crippen LogP contribution in [-0.4, -0.2) is 39.7 Å². The Bertz CT molecular complexity index is 453. The topological polar surface area (TPSA) is 55.3 Å². The lowest BCUT2D eigenvalue weighted by atomic mass is 9.96. The van der Waals surface area contributed by atoms with Crippen molar-refractivity contribution in [2.24, 2.45) is 0 Å². The first-order valence-corrected chi connectivity index (χ1v) is 5.80. The Hall–Kier alpha value is -1.72. The van der Waals surface area contributed by atoms with Gasteiger partial charge < -0.3 is 9.64 Å². The average molecular weight is 253 g/mol. The van der Waals surface area contributed by atoms with Gasteiger partial charge in [0.05, 0.1) is 11.9 Å². The smallest absolute Gasteiger partial charge is 0.410 e. The second kappa shape index (κ2) is 4.51. The number of hydrogen-bond acceptors (Lipinski definition) is 4. The van der Waals surface area contributed by atoms with Crippen molar-refractivity contribution < 1.29 is 13.9 Å². The zero-order valence-electron chi connectivity index (χ0n) is 10.7. The van der Waals surface area contributed by atoms with E-state index < -0.39 is 11.4 Å². The molecule has 0 aliphatic carbocycles. The van der Waals surface area contributed by atoms with Crippen molar-refractivity contribution in [2.45, 2.75) is 32.3 Å². The Morgan fingerprint density at radius 1 is 1.50 bits per heavy atom. The Balaban J connectivity index is 1.91. The zero-order chi connectivity index (χ0) is 13.3. The lowest BCUT2D eigenvalue weighted by Crippen LogP contribution is -2.50. The number of amides is 1. The van der Waals surface area contributed by atoms with E-state index in [2.05, 4.69) is 9.97 Å². The van der Waals surface area contributed by atoms with E-state index in [1.165, 1.54) is 11.2 Å². The third kappa shape index (κ3) is 2.75. The summed E-state index contributed by atoms with van der Waals surface area (Å²) in [5.41, 5.74) is -0.146. The fourth-order valence-electron chi connectivity index (χ4n) is 1.75. The zero-order valence-corrected chi connectivity index (χ0v) is 10.7. The first kappa shape index (κ1) is 12.7. The van der Waals surface area contributed by atoms with Crippen LogP contribution in [0.5, 0.6) is 0 Å². The number of halogens is 1. The second-order valence-corrected chi connectivity index (χ2v) is 5.34.